The minimum absolute atomic E-state index is 0.0856. The molecule has 2 aromatic carbocycles. The Bertz CT molecular complexity index is 1050. The third kappa shape index (κ3) is 6.26. The van der Waals surface area contributed by atoms with Gasteiger partial charge in [0.25, 0.3) is 8.32 Å². The molecule has 2 aliphatic heterocycles. The largest absolute Gasteiger partial charge is 0.410 e. The number of hydrogen-bond acceptors (Lipinski definition) is 5. The van der Waals surface area contributed by atoms with E-state index in [1.165, 1.54) is 10.4 Å². The molecular formula is C35H56O5Si2. The van der Waals surface area contributed by atoms with Crippen molar-refractivity contribution in [1.29, 1.82) is 0 Å². The van der Waals surface area contributed by atoms with E-state index in [0.717, 1.165) is 12.8 Å². The monoisotopic (exact) mass is 612 g/mol. The number of benzene rings is 2. The van der Waals surface area contributed by atoms with Gasteiger partial charge in [0.05, 0.1) is 18.8 Å². The van der Waals surface area contributed by atoms with Crippen LogP contribution in [0.1, 0.15) is 88.0 Å². The van der Waals surface area contributed by atoms with E-state index in [2.05, 4.69) is 123 Å². The fraction of sp³-hybridized carbons (Fsp3) is 0.657. The molecule has 0 radical (unpaired) electrons. The summed E-state index contributed by atoms with van der Waals surface area (Å²) in [6, 6.07) is 21.6. The van der Waals surface area contributed by atoms with Crippen LogP contribution in [0.5, 0.6) is 0 Å². The van der Waals surface area contributed by atoms with Crippen LogP contribution in [-0.4, -0.2) is 59.1 Å². The Hall–Kier alpha value is -1.33. The summed E-state index contributed by atoms with van der Waals surface area (Å²) < 4.78 is 27.4. The molecule has 0 unspecified atom stereocenters. The summed E-state index contributed by atoms with van der Waals surface area (Å²) in [5, 5.41) is 14.2. The van der Waals surface area contributed by atoms with Gasteiger partial charge in [-0.25, -0.2) is 0 Å². The third-order valence-corrected chi connectivity index (χ3v) is 21.1. The fourth-order valence-electron chi connectivity index (χ4n) is 8.10. The second-order valence-electron chi connectivity index (χ2n) is 14.5. The lowest BCUT2D eigenvalue weighted by Gasteiger charge is -2.51. The number of hydrogen-bond donors (Lipinski definition) is 1. The summed E-state index contributed by atoms with van der Waals surface area (Å²) in [4.78, 5) is 0. The quantitative estimate of drug-likeness (QED) is 0.273. The Morgan fingerprint density at radius 1 is 0.881 bits per heavy atom. The molecule has 42 heavy (non-hydrogen) atoms. The van der Waals surface area contributed by atoms with Gasteiger partial charge in [-0.1, -0.05) is 123 Å². The Labute approximate surface area is 257 Å². The first-order chi connectivity index (χ1) is 19.8. The van der Waals surface area contributed by atoms with Gasteiger partial charge in [-0.2, -0.15) is 0 Å². The average Bonchev–Trinajstić information content (AvgIpc) is 3.41. The van der Waals surface area contributed by atoms with Crippen molar-refractivity contribution in [1.82, 2.24) is 0 Å². The van der Waals surface area contributed by atoms with Crippen molar-refractivity contribution in [2.24, 2.45) is 0 Å². The second kappa shape index (κ2) is 13.3. The number of aliphatic hydroxyl groups is 1. The van der Waals surface area contributed by atoms with Gasteiger partial charge in [-0.15, -0.1) is 0 Å². The zero-order valence-corrected chi connectivity index (χ0v) is 29.6. The molecule has 4 rings (SSSR count). The Kier molecular flexibility index (Phi) is 10.7. The molecule has 0 bridgehead atoms. The number of rotatable bonds is 11. The SMILES string of the molecule is CC(C)[Si](O[C@@H]1C[C@@H](CCO[Si](c2ccccc2)(c2ccccc2)C(C)(C)C)O[C@]2(CCCO2)[C@H]1O)(C(C)C)C(C)C. The van der Waals surface area contributed by atoms with E-state index >= 15 is 0 Å². The Morgan fingerprint density at radius 2 is 1.40 bits per heavy atom. The van der Waals surface area contributed by atoms with Gasteiger partial charge in [0.15, 0.2) is 5.79 Å². The number of aliphatic hydroxyl groups excluding tert-OH is 1. The minimum Gasteiger partial charge on any atom is -0.410 e. The molecule has 2 fully saturated rings. The highest BCUT2D eigenvalue weighted by Gasteiger charge is 2.57. The Morgan fingerprint density at radius 3 is 1.83 bits per heavy atom. The zero-order valence-electron chi connectivity index (χ0n) is 27.6. The molecule has 1 N–H and O–H groups in total. The fourth-order valence-corrected chi connectivity index (χ4v) is 18.2. The van der Waals surface area contributed by atoms with Crippen molar-refractivity contribution in [3.8, 4) is 0 Å². The maximum atomic E-state index is 11.7. The van der Waals surface area contributed by atoms with Gasteiger partial charge >= 0.3 is 0 Å². The van der Waals surface area contributed by atoms with E-state index in [-0.39, 0.29) is 17.2 Å². The highest BCUT2D eigenvalue weighted by Crippen LogP contribution is 2.47. The molecule has 2 heterocycles. The van der Waals surface area contributed by atoms with Crippen LogP contribution >= 0.6 is 0 Å². The van der Waals surface area contributed by atoms with Gasteiger partial charge in [0.2, 0.25) is 8.32 Å². The van der Waals surface area contributed by atoms with E-state index in [9.17, 15) is 5.11 Å². The van der Waals surface area contributed by atoms with Gasteiger partial charge in [-0.3, -0.25) is 0 Å². The van der Waals surface area contributed by atoms with Gasteiger partial charge in [-0.05, 0) is 44.9 Å². The van der Waals surface area contributed by atoms with Crippen LogP contribution in [0.15, 0.2) is 60.7 Å². The van der Waals surface area contributed by atoms with Crippen molar-refractivity contribution < 1.29 is 23.4 Å². The first kappa shape index (κ1) is 33.6. The predicted molar refractivity (Wildman–Crippen MR) is 178 cm³/mol. The lowest BCUT2D eigenvalue weighted by Crippen LogP contribution is -2.67. The highest BCUT2D eigenvalue weighted by molar-refractivity contribution is 6.99. The molecule has 234 valence electrons. The van der Waals surface area contributed by atoms with Crippen LogP contribution in [-0.2, 0) is 18.3 Å². The van der Waals surface area contributed by atoms with Gasteiger partial charge < -0.3 is 23.4 Å². The molecule has 0 aliphatic carbocycles. The molecule has 5 nitrogen and oxygen atoms in total. The van der Waals surface area contributed by atoms with Crippen LogP contribution in [0.3, 0.4) is 0 Å². The first-order valence-corrected chi connectivity index (χ1v) is 20.3. The van der Waals surface area contributed by atoms with Crippen molar-refractivity contribution in [3.05, 3.63) is 60.7 Å². The summed E-state index contributed by atoms with van der Waals surface area (Å²) in [7, 11) is -4.87. The summed E-state index contributed by atoms with van der Waals surface area (Å²) in [5.74, 6) is -0.990. The lowest BCUT2D eigenvalue weighted by molar-refractivity contribution is -0.322. The van der Waals surface area contributed by atoms with Gasteiger partial charge in [0.1, 0.15) is 6.10 Å². The maximum absolute atomic E-state index is 11.7. The minimum atomic E-state index is -2.65. The maximum Gasteiger partial charge on any atom is 0.261 e. The van der Waals surface area contributed by atoms with Crippen molar-refractivity contribution >= 4 is 27.0 Å². The molecule has 0 amide bonds. The second-order valence-corrected chi connectivity index (χ2v) is 24.2. The van der Waals surface area contributed by atoms with Crippen LogP contribution < -0.4 is 10.4 Å². The van der Waals surface area contributed by atoms with E-state index in [4.69, 9.17) is 18.3 Å². The van der Waals surface area contributed by atoms with Crippen LogP contribution in [0.25, 0.3) is 0 Å². The van der Waals surface area contributed by atoms with E-state index in [1.54, 1.807) is 0 Å². The molecule has 4 atom stereocenters. The van der Waals surface area contributed by atoms with Crippen LogP contribution in [0.2, 0.25) is 21.7 Å². The molecular weight excluding hydrogens is 557 g/mol. The van der Waals surface area contributed by atoms with E-state index in [0.29, 0.717) is 42.7 Å². The van der Waals surface area contributed by atoms with E-state index < -0.39 is 28.5 Å². The summed E-state index contributed by atoms with van der Waals surface area (Å²) >= 11 is 0. The molecule has 1 spiro atoms. The summed E-state index contributed by atoms with van der Waals surface area (Å²) in [5.41, 5.74) is 1.31. The Balaban J connectivity index is 1.62. The molecule has 2 saturated heterocycles. The third-order valence-electron chi connectivity index (χ3n) is 9.92. The van der Waals surface area contributed by atoms with Gasteiger partial charge in [0, 0.05) is 19.4 Å². The normalized spacial score (nSPS) is 25.7. The van der Waals surface area contributed by atoms with Crippen molar-refractivity contribution in [3.63, 3.8) is 0 Å². The topological polar surface area (TPSA) is 57.2 Å². The predicted octanol–water partition coefficient (Wildman–Crippen LogP) is 7.17. The average molecular weight is 613 g/mol. The smallest absolute Gasteiger partial charge is 0.261 e. The molecule has 7 heteroatoms. The van der Waals surface area contributed by atoms with Crippen LogP contribution in [0.4, 0.5) is 0 Å². The lowest BCUT2D eigenvalue weighted by atomic mass is 9.92. The summed E-state index contributed by atoms with van der Waals surface area (Å²) in [6.07, 6.45) is 1.73. The molecule has 0 aromatic heterocycles. The standard InChI is InChI=1S/C35H56O5Si2/c1-26(2)41(27(3)4,28(5)6)40-32-25-29(39-35(33(32)36)22-16-23-37-35)21-24-38-42(34(7,8)9,30-17-12-10-13-18-30)31-19-14-11-15-20-31/h10-15,17-20,26-29,32-33,36H,16,21-25H2,1-9H3/t29-,32-,33+,35-/m1/s1. The van der Waals surface area contributed by atoms with E-state index in [1.807, 2.05) is 0 Å². The molecule has 2 aliphatic rings. The van der Waals surface area contributed by atoms with Crippen molar-refractivity contribution in [2.45, 2.75) is 134 Å². The first-order valence-electron chi connectivity index (χ1n) is 16.2. The summed E-state index contributed by atoms with van der Waals surface area (Å²) in [6.45, 7) is 21.9. The van der Waals surface area contributed by atoms with Crippen LogP contribution in [0, 0.1) is 0 Å². The molecule has 2 aromatic rings. The van der Waals surface area contributed by atoms with Crippen molar-refractivity contribution in [2.75, 3.05) is 13.2 Å². The zero-order chi connectivity index (χ0) is 30.8. The number of ether oxygens (including phenoxy) is 2. The molecule has 0 saturated carbocycles. The highest BCUT2D eigenvalue weighted by atomic mass is 28.4.